The van der Waals surface area contributed by atoms with E-state index in [9.17, 15) is 14.0 Å². The summed E-state index contributed by atoms with van der Waals surface area (Å²) in [7, 11) is 0. The van der Waals surface area contributed by atoms with Crippen molar-refractivity contribution in [2.24, 2.45) is 0 Å². The van der Waals surface area contributed by atoms with E-state index in [-0.39, 0.29) is 13.1 Å². The van der Waals surface area contributed by atoms with Crippen molar-refractivity contribution >= 4 is 0 Å². The molecule has 0 unspecified atom stereocenters. The zero-order valence-corrected chi connectivity index (χ0v) is 11.8. The molecule has 0 radical (unpaired) electrons. The Hall–Kier alpha value is -2.68. The number of benzene rings is 1. The second-order valence-corrected chi connectivity index (χ2v) is 4.93. The Balaban J connectivity index is 2.56. The summed E-state index contributed by atoms with van der Waals surface area (Å²) in [5, 5.41) is 8.64. The lowest BCUT2D eigenvalue weighted by molar-refractivity contribution is 0.521. The predicted octanol–water partition coefficient (Wildman–Crippen LogP) is 1.34. The van der Waals surface area contributed by atoms with Crippen LogP contribution in [0.2, 0.25) is 0 Å². The molecule has 1 heterocycles. The van der Waals surface area contributed by atoms with Gasteiger partial charge in [-0.25, -0.2) is 4.79 Å². The third kappa shape index (κ3) is 3.08. The molecule has 0 aliphatic rings. The fourth-order valence-corrected chi connectivity index (χ4v) is 2.29. The lowest BCUT2D eigenvalue weighted by Crippen LogP contribution is -2.41. The largest absolute Gasteiger partial charge is 0.332 e. The van der Waals surface area contributed by atoms with Crippen molar-refractivity contribution in [1.29, 1.82) is 5.26 Å². The number of aryl methyl sites for hydroxylation is 2. The van der Waals surface area contributed by atoms with Crippen LogP contribution >= 0.6 is 0 Å². The molecule has 0 bridgehead atoms. The highest BCUT2D eigenvalue weighted by atomic mass is 19.1. The van der Waals surface area contributed by atoms with Crippen LogP contribution in [0, 0.1) is 31.0 Å². The van der Waals surface area contributed by atoms with Crippen molar-refractivity contribution in [3.63, 3.8) is 0 Å². The Morgan fingerprint density at radius 1 is 1.19 bits per heavy atom. The van der Waals surface area contributed by atoms with Crippen LogP contribution in [-0.2, 0) is 13.1 Å². The molecule has 2 aromatic rings. The monoisotopic (exact) mass is 287 g/mol. The van der Waals surface area contributed by atoms with E-state index in [2.05, 4.69) is 0 Å². The number of nitrogens with zero attached hydrogens (tertiary/aromatic N) is 3. The lowest BCUT2D eigenvalue weighted by Gasteiger charge is -2.09. The maximum absolute atomic E-state index is 13.6. The second-order valence-electron chi connectivity index (χ2n) is 4.93. The van der Waals surface area contributed by atoms with Gasteiger partial charge in [0.2, 0.25) is 5.82 Å². The van der Waals surface area contributed by atoms with E-state index in [0.29, 0.717) is 0 Å². The summed E-state index contributed by atoms with van der Waals surface area (Å²) in [6, 6.07) is 7.39. The molecule has 0 saturated heterocycles. The highest BCUT2D eigenvalue weighted by Crippen LogP contribution is 2.09. The minimum absolute atomic E-state index is 0.0244. The van der Waals surface area contributed by atoms with Crippen LogP contribution in [0.5, 0.6) is 0 Å². The predicted molar refractivity (Wildman–Crippen MR) is 75.6 cm³/mol. The van der Waals surface area contributed by atoms with Gasteiger partial charge in [-0.2, -0.15) is 9.65 Å². The summed E-state index contributed by atoms with van der Waals surface area (Å²) >= 11 is 0. The van der Waals surface area contributed by atoms with Crippen molar-refractivity contribution in [3.05, 3.63) is 67.7 Å². The molecule has 0 N–H and O–H groups in total. The molecule has 6 heteroatoms. The van der Waals surface area contributed by atoms with Gasteiger partial charge in [-0.15, -0.1) is 0 Å². The lowest BCUT2D eigenvalue weighted by atomic mass is 10.1. The molecular weight excluding hydrogens is 273 g/mol. The summed E-state index contributed by atoms with van der Waals surface area (Å²) in [4.78, 5) is 23.9. The molecule has 1 aromatic heterocycles. The van der Waals surface area contributed by atoms with Gasteiger partial charge in [0.25, 0.3) is 5.56 Å². The number of hydrogen-bond acceptors (Lipinski definition) is 3. The number of rotatable bonds is 3. The third-order valence-corrected chi connectivity index (χ3v) is 3.06. The minimum Gasteiger partial charge on any atom is -0.284 e. The fourth-order valence-electron chi connectivity index (χ4n) is 2.29. The van der Waals surface area contributed by atoms with Gasteiger partial charge < -0.3 is 0 Å². The third-order valence-electron chi connectivity index (χ3n) is 3.06. The van der Waals surface area contributed by atoms with E-state index >= 15 is 0 Å². The van der Waals surface area contributed by atoms with Crippen LogP contribution in [0.15, 0.2) is 34.0 Å². The van der Waals surface area contributed by atoms with Crippen molar-refractivity contribution < 1.29 is 4.39 Å². The maximum Gasteiger partial charge on any atom is 0.332 e. The molecule has 5 nitrogen and oxygen atoms in total. The molecule has 1 aromatic carbocycles. The molecule has 0 fully saturated rings. The van der Waals surface area contributed by atoms with Crippen LogP contribution < -0.4 is 11.2 Å². The van der Waals surface area contributed by atoms with E-state index in [4.69, 9.17) is 5.26 Å². The Kier molecular flexibility index (Phi) is 4.03. The van der Waals surface area contributed by atoms with Crippen LogP contribution in [0.4, 0.5) is 4.39 Å². The van der Waals surface area contributed by atoms with Gasteiger partial charge in [-0.05, 0) is 19.4 Å². The van der Waals surface area contributed by atoms with E-state index in [1.54, 1.807) is 6.07 Å². The SMILES string of the molecule is Cc1cc(C)cc(Cn2c(=O)c(F)cn(CC#N)c2=O)c1. The number of nitriles is 1. The number of halogens is 1. The first-order valence-electron chi connectivity index (χ1n) is 6.36. The molecule has 108 valence electrons. The van der Waals surface area contributed by atoms with Crippen LogP contribution in [0.25, 0.3) is 0 Å². The van der Waals surface area contributed by atoms with Gasteiger partial charge in [-0.1, -0.05) is 29.3 Å². The van der Waals surface area contributed by atoms with E-state index in [1.807, 2.05) is 32.0 Å². The van der Waals surface area contributed by atoms with Crippen molar-refractivity contribution in [2.45, 2.75) is 26.9 Å². The molecule has 21 heavy (non-hydrogen) atoms. The minimum atomic E-state index is -1.05. The molecule has 0 aliphatic carbocycles. The Morgan fingerprint density at radius 2 is 1.81 bits per heavy atom. The smallest absolute Gasteiger partial charge is 0.284 e. The first-order valence-corrected chi connectivity index (χ1v) is 6.36. The highest BCUT2D eigenvalue weighted by Gasteiger charge is 2.11. The summed E-state index contributed by atoms with van der Waals surface area (Å²) in [6.45, 7) is 3.48. The molecular formula is C15H14FN3O2. The average Bonchev–Trinajstić information content (AvgIpc) is 2.40. The van der Waals surface area contributed by atoms with Crippen LogP contribution in [0.3, 0.4) is 0 Å². The van der Waals surface area contributed by atoms with E-state index < -0.39 is 17.1 Å². The quantitative estimate of drug-likeness (QED) is 0.855. The highest BCUT2D eigenvalue weighted by molar-refractivity contribution is 5.28. The maximum atomic E-state index is 13.6. The summed E-state index contributed by atoms with van der Waals surface area (Å²) in [6.07, 6.45) is 0.770. The van der Waals surface area contributed by atoms with Crippen molar-refractivity contribution in [3.8, 4) is 6.07 Å². The molecule has 0 saturated carbocycles. The average molecular weight is 287 g/mol. The first-order chi connectivity index (χ1) is 9.92. The van der Waals surface area contributed by atoms with Crippen LogP contribution in [-0.4, -0.2) is 9.13 Å². The molecule has 0 amide bonds. The Bertz CT molecular complexity index is 823. The Morgan fingerprint density at radius 3 is 2.38 bits per heavy atom. The molecule has 2 rings (SSSR count). The molecule has 0 atom stereocenters. The summed E-state index contributed by atoms with van der Waals surface area (Å²) in [5.41, 5.74) is 1.05. The fraction of sp³-hybridized carbons (Fsp3) is 0.267. The van der Waals surface area contributed by atoms with Gasteiger partial charge in [-0.3, -0.25) is 13.9 Å². The van der Waals surface area contributed by atoms with E-state index in [1.165, 1.54) is 0 Å². The van der Waals surface area contributed by atoms with Gasteiger partial charge in [0.15, 0.2) is 0 Å². The zero-order valence-electron chi connectivity index (χ0n) is 11.8. The van der Waals surface area contributed by atoms with E-state index in [0.717, 1.165) is 32.0 Å². The zero-order chi connectivity index (χ0) is 15.6. The summed E-state index contributed by atoms with van der Waals surface area (Å²) < 4.78 is 15.3. The van der Waals surface area contributed by atoms with Gasteiger partial charge in [0.05, 0.1) is 18.8 Å². The van der Waals surface area contributed by atoms with Crippen LogP contribution in [0.1, 0.15) is 16.7 Å². The standard InChI is InChI=1S/C15H14FN3O2/c1-10-5-11(2)7-12(6-10)8-19-14(20)13(16)9-18(4-3-17)15(19)21/h5-7,9H,4,8H2,1-2H3. The van der Waals surface area contributed by atoms with Gasteiger partial charge >= 0.3 is 5.69 Å². The van der Waals surface area contributed by atoms with Gasteiger partial charge in [0.1, 0.15) is 6.54 Å². The van der Waals surface area contributed by atoms with Crippen molar-refractivity contribution in [2.75, 3.05) is 0 Å². The summed E-state index contributed by atoms with van der Waals surface area (Å²) in [5.74, 6) is -1.05. The number of hydrogen-bond donors (Lipinski definition) is 0. The number of aromatic nitrogens is 2. The second kappa shape index (κ2) is 5.75. The topological polar surface area (TPSA) is 67.8 Å². The Labute approximate surface area is 120 Å². The molecule has 0 spiro atoms. The normalized spacial score (nSPS) is 10.4. The van der Waals surface area contributed by atoms with Crippen molar-refractivity contribution in [1.82, 2.24) is 9.13 Å². The molecule has 0 aliphatic heterocycles. The van der Waals surface area contributed by atoms with Gasteiger partial charge in [0, 0.05) is 0 Å². The first kappa shape index (κ1) is 14.7.